The van der Waals surface area contributed by atoms with Gasteiger partial charge in [0.2, 0.25) is 0 Å². The molecule has 1 aliphatic carbocycles. The number of nitrogens with one attached hydrogen (secondary N) is 1. The van der Waals surface area contributed by atoms with E-state index in [9.17, 15) is 4.79 Å². The van der Waals surface area contributed by atoms with Crippen molar-refractivity contribution >= 4 is 5.78 Å². The van der Waals surface area contributed by atoms with Crippen LogP contribution in [-0.2, 0) is 4.79 Å². The highest BCUT2D eigenvalue weighted by atomic mass is 16.1. The maximum atomic E-state index is 13.0. The molecule has 1 heterocycles. The van der Waals surface area contributed by atoms with E-state index in [4.69, 9.17) is 0 Å². The van der Waals surface area contributed by atoms with E-state index in [2.05, 4.69) is 26.1 Å². The first-order valence-electron chi connectivity index (χ1n) is 7.82. The number of ketones is 1. The molecular weight excluding hydrogens is 222 g/mol. The minimum Gasteiger partial charge on any atom is -0.316 e. The fourth-order valence-corrected chi connectivity index (χ4v) is 4.36. The number of hydrogen-bond acceptors (Lipinski definition) is 2. The minimum atomic E-state index is -0.0177. The van der Waals surface area contributed by atoms with Crippen molar-refractivity contribution in [3.63, 3.8) is 0 Å². The van der Waals surface area contributed by atoms with Gasteiger partial charge < -0.3 is 5.32 Å². The highest BCUT2D eigenvalue weighted by Crippen LogP contribution is 2.41. The molecule has 1 saturated carbocycles. The Bertz CT molecular complexity index is 283. The third-order valence-corrected chi connectivity index (χ3v) is 5.04. The second-order valence-electron chi connectivity index (χ2n) is 6.94. The molecule has 2 heteroatoms. The zero-order valence-corrected chi connectivity index (χ0v) is 12.3. The number of Topliss-reactive ketones (excluding diaryl/α,β-unsaturated/α-hetero) is 1. The van der Waals surface area contributed by atoms with Gasteiger partial charge in [-0.3, -0.25) is 4.79 Å². The molecule has 0 aromatic carbocycles. The summed E-state index contributed by atoms with van der Waals surface area (Å²) in [6, 6.07) is 0. The molecule has 2 fully saturated rings. The van der Waals surface area contributed by atoms with Crippen LogP contribution in [0, 0.1) is 23.2 Å². The lowest BCUT2D eigenvalue weighted by molar-refractivity contribution is -0.134. The predicted molar refractivity (Wildman–Crippen MR) is 75.5 cm³/mol. The molecule has 2 rings (SSSR count). The third kappa shape index (κ3) is 2.79. The SMILES string of the molecule is CCCC1(C(=O)C2CC(C)CC(C)C2)CCNC1. The maximum absolute atomic E-state index is 13.0. The molecule has 0 radical (unpaired) electrons. The van der Waals surface area contributed by atoms with Crippen LogP contribution in [0.25, 0.3) is 0 Å². The summed E-state index contributed by atoms with van der Waals surface area (Å²) in [7, 11) is 0. The summed E-state index contributed by atoms with van der Waals surface area (Å²) >= 11 is 0. The van der Waals surface area contributed by atoms with Crippen LogP contribution in [0.5, 0.6) is 0 Å². The summed E-state index contributed by atoms with van der Waals surface area (Å²) in [5.74, 6) is 2.40. The largest absolute Gasteiger partial charge is 0.316 e. The molecule has 2 nitrogen and oxygen atoms in total. The first kappa shape index (κ1) is 14.0. The Morgan fingerprint density at radius 3 is 2.39 bits per heavy atom. The first-order chi connectivity index (χ1) is 8.57. The molecule has 0 aromatic rings. The molecule has 18 heavy (non-hydrogen) atoms. The van der Waals surface area contributed by atoms with E-state index in [1.807, 2.05) is 0 Å². The molecule has 0 spiro atoms. The summed E-state index contributed by atoms with van der Waals surface area (Å²) in [4.78, 5) is 13.0. The number of hydrogen-bond donors (Lipinski definition) is 1. The summed E-state index contributed by atoms with van der Waals surface area (Å²) in [5, 5.41) is 3.42. The van der Waals surface area contributed by atoms with Crippen LogP contribution in [0.15, 0.2) is 0 Å². The predicted octanol–water partition coefficient (Wildman–Crippen LogP) is 3.41. The van der Waals surface area contributed by atoms with Crippen molar-refractivity contribution in [3.8, 4) is 0 Å². The Hall–Kier alpha value is -0.370. The zero-order valence-electron chi connectivity index (χ0n) is 12.3. The lowest BCUT2D eigenvalue weighted by Gasteiger charge is -2.36. The molecule has 3 atom stereocenters. The zero-order chi connectivity index (χ0) is 13.2. The van der Waals surface area contributed by atoms with Gasteiger partial charge in [-0.15, -0.1) is 0 Å². The lowest BCUT2D eigenvalue weighted by Crippen LogP contribution is -2.40. The Labute approximate surface area is 112 Å². The Balaban J connectivity index is 2.08. The van der Waals surface area contributed by atoms with Crippen LogP contribution in [-0.4, -0.2) is 18.9 Å². The monoisotopic (exact) mass is 251 g/mol. The third-order valence-electron chi connectivity index (χ3n) is 5.04. The Kier molecular flexibility index (Phi) is 4.47. The van der Waals surface area contributed by atoms with Crippen LogP contribution in [0.2, 0.25) is 0 Å². The molecule has 1 N–H and O–H groups in total. The molecule has 0 bridgehead atoms. The van der Waals surface area contributed by atoms with E-state index in [0.717, 1.165) is 57.0 Å². The average Bonchev–Trinajstić information content (AvgIpc) is 2.77. The number of carbonyl (C=O) groups is 1. The van der Waals surface area contributed by atoms with Crippen LogP contribution < -0.4 is 5.32 Å². The van der Waals surface area contributed by atoms with E-state index in [1.165, 1.54) is 6.42 Å². The van der Waals surface area contributed by atoms with E-state index >= 15 is 0 Å². The molecule has 0 aromatic heterocycles. The first-order valence-corrected chi connectivity index (χ1v) is 7.82. The van der Waals surface area contributed by atoms with Crippen molar-refractivity contribution in [2.45, 2.75) is 59.3 Å². The Morgan fingerprint density at radius 2 is 1.89 bits per heavy atom. The van der Waals surface area contributed by atoms with E-state index in [1.54, 1.807) is 0 Å². The van der Waals surface area contributed by atoms with Gasteiger partial charge in [0.15, 0.2) is 0 Å². The van der Waals surface area contributed by atoms with Gasteiger partial charge in [-0.1, -0.05) is 27.2 Å². The van der Waals surface area contributed by atoms with E-state index in [0.29, 0.717) is 11.7 Å². The van der Waals surface area contributed by atoms with Crippen LogP contribution >= 0.6 is 0 Å². The van der Waals surface area contributed by atoms with Gasteiger partial charge in [0, 0.05) is 17.9 Å². The molecule has 1 aliphatic heterocycles. The molecule has 2 aliphatic rings. The summed E-state index contributed by atoms with van der Waals surface area (Å²) in [5.41, 5.74) is -0.0177. The van der Waals surface area contributed by atoms with Crippen molar-refractivity contribution in [2.75, 3.05) is 13.1 Å². The van der Waals surface area contributed by atoms with Crippen molar-refractivity contribution in [3.05, 3.63) is 0 Å². The summed E-state index contributed by atoms with van der Waals surface area (Å²) in [6.45, 7) is 8.80. The topological polar surface area (TPSA) is 29.1 Å². The van der Waals surface area contributed by atoms with Gasteiger partial charge in [-0.05, 0) is 50.5 Å². The smallest absolute Gasteiger partial charge is 0.143 e. The van der Waals surface area contributed by atoms with Crippen LogP contribution in [0.4, 0.5) is 0 Å². The van der Waals surface area contributed by atoms with Gasteiger partial charge in [0.05, 0.1) is 0 Å². The number of rotatable bonds is 4. The normalized spacial score (nSPS) is 40.9. The second-order valence-corrected chi connectivity index (χ2v) is 6.94. The molecule has 1 saturated heterocycles. The van der Waals surface area contributed by atoms with Gasteiger partial charge in [0.25, 0.3) is 0 Å². The van der Waals surface area contributed by atoms with Crippen molar-refractivity contribution < 1.29 is 4.79 Å². The maximum Gasteiger partial charge on any atom is 0.143 e. The fraction of sp³-hybridized carbons (Fsp3) is 0.938. The second kappa shape index (κ2) is 5.73. The molecule has 0 amide bonds. The van der Waals surface area contributed by atoms with E-state index < -0.39 is 0 Å². The van der Waals surface area contributed by atoms with Gasteiger partial charge in [-0.2, -0.15) is 0 Å². The quantitative estimate of drug-likeness (QED) is 0.829. The summed E-state index contributed by atoms with van der Waals surface area (Å²) in [6.07, 6.45) is 6.86. The van der Waals surface area contributed by atoms with Crippen molar-refractivity contribution in [1.82, 2.24) is 5.32 Å². The highest BCUT2D eigenvalue weighted by molar-refractivity contribution is 5.87. The Morgan fingerprint density at radius 1 is 1.22 bits per heavy atom. The van der Waals surface area contributed by atoms with Crippen LogP contribution in [0.1, 0.15) is 59.3 Å². The highest BCUT2D eigenvalue weighted by Gasteiger charge is 2.44. The van der Waals surface area contributed by atoms with E-state index in [-0.39, 0.29) is 5.41 Å². The standard InChI is InChI=1S/C16H29NO/c1-4-5-16(6-7-17-11-16)15(18)14-9-12(2)8-13(3)10-14/h12-14,17H,4-11H2,1-3H3. The van der Waals surface area contributed by atoms with Gasteiger partial charge in [0.1, 0.15) is 5.78 Å². The molecule has 104 valence electrons. The average molecular weight is 251 g/mol. The van der Waals surface area contributed by atoms with Gasteiger partial charge >= 0.3 is 0 Å². The molecule has 3 unspecified atom stereocenters. The molecular formula is C16H29NO. The van der Waals surface area contributed by atoms with Crippen LogP contribution in [0.3, 0.4) is 0 Å². The van der Waals surface area contributed by atoms with Gasteiger partial charge in [-0.25, -0.2) is 0 Å². The lowest BCUT2D eigenvalue weighted by atomic mass is 9.67. The number of carbonyl (C=O) groups excluding carboxylic acids is 1. The van der Waals surface area contributed by atoms with Crippen molar-refractivity contribution in [2.24, 2.45) is 23.2 Å². The van der Waals surface area contributed by atoms with Crippen molar-refractivity contribution in [1.29, 1.82) is 0 Å². The fourth-order valence-electron chi connectivity index (χ4n) is 4.36. The summed E-state index contributed by atoms with van der Waals surface area (Å²) < 4.78 is 0. The minimum absolute atomic E-state index is 0.0177.